The Morgan fingerprint density at radius 3 is 1.95 bits per heavy atom. The topological polar surface area (TPSA) is 175 Å². The number of alkyl halides is 3. The number of carbonyl (C=O) groups excluding carboxylic acids is 3. The molecule has 4 N–H and O–H groups in total. The van der Waals surface area contributed by atoms with Crippen LogP contribution in [-0.2, 0) is 9.59 Å². The van der Waals surface area contributed by atoms with Gasteiger partial charge in [0.2, 0.25) is 6.10 Å². The van der Waals surface area contributed by atoms with Crippen molar-refractivity contribution in [3.05, 3.63) is 101 Å². The lowest BCUT2D eigenvalue weighted by atomic mass is 9.81. The molecule has 0 saturated heterocycles. The van der Waals surface area contributed by atoms with E-state index < -0.39 is 31.1 Å². The van der Waals surface area contributed by atoms with E-state index in [1.54, 1.807) is 42.5 Å². The van der Waals surface area contributed by atoms with Gasteiger partial charge in [0.25, 0.3) is 0 Å². The summed E-state index contributed by atoms with van der Waals surface area (Å²) in [4.78, 5) is 38.1. The molecule has 1 unspecified atom stereocenters. The molecule has 0 spiro atoms. The van der Waals surface area contributed by atoms with Gasteiger partial charge in [0.15, 0.2) is 11.5 Å². The molecule has 0 radical (unpaired) electrons. The molecule has 0 fully saturated rings. The zero-order chi connectivity index (χ0) is 31.2. The molecule has 0 amide bonds. The molecule has 2 aromatic carbocycles. The Morgan fingerprint density at radius 1 is 0.927 bits per heavy atom. The summed E-state index contributed by atoms with van der Waals surface area (Å²) in [7, 11) is -1.34. The minimum Gasteiger partial charge on any atom is -0.478 e. The first-order valence-electron chi connectivity index (χ1n) is 11.0. The van der Waals surface area contributed by atoms with Crippen molar-refractivity contribution in [2.24, 2.45) is 0 Å². The van der Waals surface area contributed by atoms with Gasteiger partial charge in [-0.05, 0) is 51.2 Å². The molecular formula is C26H21BBrF3O10. The number of carbonyl (C=O) groups is 2. The van der Waals surface area contributed by atoms with Gasteiger partial charge in [0.1, 0.15) is 12.0 Å². The molecule has 4 rings (SSSR count). The number of Topliss-reactive ketones (excluding diaryl/α,β-unsaturated/α-hetero) is 1. The van der Waals surface area contributed by atoms with Crippen molar-refractivity contribution in [1.29, 1.82) is 0 Å². The predicted octanol–water partition coefficient (Wildman–Crippen LogP) is 4.27. The van der Waals surface area contributed by atoms with Gasteiger partial charge in [-0.1, -0.05) is 42.5 Å². The predicted molar refractivity (Wildman–Crippen MR) is 140 cm³/mol. The monoisotopic (exact) mass is 640 g/mol. The third-order valence-corrected chi connectivity index (χ3v) is 5.07. The van der Waals surface area contributed by atoms with Crippen molar-refractivity contribution in [2.75, 3.05) is 0 Å². The maximum Gasteiger partial charge on any atom is 0.488 e. The average molecular weight is 641 g/mol. The van der Waals surface area contributed by atoms with E-state index >= 15 is 0 Å². The van der Waals surface area contributed by atoms with Gasteiger partial charge in [-0.25, -0.2) is 4.79 Å². The number of benzene rings is 2. The summed E-state index contributed by atoms with van der Waals surface area (Å²) in [6, 6.07) is 17.8. The van der Waals surface area contributed by atoms with Gasteiger partial charge < -0.3 is 29.1 Å². The van der Waals surface area contributed by atoms with Gasteiger partial charge in [-0.2, -0.15) is 22.8 Å². The van der Waals surface area contributed by atoms with Crippen LogP contribution in [0.5, 0.6) is 0 Å². The van der Waals surface area contributed by atoms with E-state index in [4.69, 9.17) is 34.3 Å². The van der Waals surface area contributed by atoms with Crippen LogP contribution in [0.1, 0.15) is 39.7 Å². The number of carboxylic acids is 1. The molecule has 0 aliphatic carbocycles. The van der Waals surface area contributed by atoms with E-state index in [9.17, 15) is 22.8 Å². The minimum absolute atomic E-state index is 0.161. The quantitative estimate of drug-likeness (QED) is 0.182. The smallest absolute Gasteiger partial charge is 0.478 e. The number of ketones is 1. The van der Waals surface area contributed by atoms with Crippen LogP contribution in [-0.4, -0.2) is 51.5 Å². The molecule has 0 aliphatic heterocycles. The number of rotatable bonds is 5. The van der Waals surface area contributed by atoms with Gasteiger partial charge >= 0.3 is 25.4 Å². The zero-order valence-corrected chi connectivity index (χ0v) is 22.5. The zero-order valence-electron chi connectivity index (χ0n) is 20.9. The number of halogens is 4. The molecule has 15 heteroatoms. The van der Waals surface area contributed by atoms with Crippen LogP contribution in [0.4, 0.5) is 13.2 Å². The minimum atomic E-state index is -4.68. The Balaban J connectivity index is 0.000000307. The number of aromatic carboxylic acids is 1. The van der Waals surface area contributed by atoms with E-state index in [0.717, 1.165) is 12.3 Å². The number of furan rings is 2. The van der Waals surface area contributed by atoms with E-state index in [-0.39, 0.29) is 23.3 Å². The van der Waals surface area contributed by atoms with E-state index in [1.165, 1.54) is 25.3 Å². The van der Waals surface area contributed by atoms with Crippen molar-refractivity contribution in [3.8, 4) is 11.1 Å². The second-order valence-corrected chi connectivity index (χ2v) is 8.54. The molecule has 41 heavy (non-hydrogen) atoms. The highest BCUT2D eigenvalue weighted by Crippen LogP contribution is 2.34. The van der Waals surface area contributed by atoms with Gasteiger partial charge in [-0.3, -0.25) is 4.79 Å². The van der Waals surface area contributed by atoms with E-state index in [2.05, 4.69) is 20.3 Å². The summed E-state index contributed by atoms with van der Waals surface area (Å²) in [5.41, 5.74) is 2.13. The largest absolute Gasteiger partial charge is 0.488 e. The van der Waals surface area contributed by atoms with Crippen LogP contribution in [0.15, 0.2) is 92.6 Å². The average Bonchev–Trinajstić information content (AvgIpc) is 3.59. The highest BCUT2D eigenvalue weighted by atomic mass is 79.9. The standard InChI is InChI=1S/C13H10O4.C6H7BO2.C6H4BrF3O2.CO2/c1-8(14)12-6-11(7-17-12)9-3-2-4-10(5-9)13(15)16;8-7(9)6-4-2-1-3-5-6;7-3-1-4(12-2-3)5(11)6(8,9)10;2-1-3/h2-7H,1H3,(H,15,16);1-5,8-9H;1-2,5,11H;. The molecule has 0 bridgehead atoms. The first kappa shape index (κ1) is 34.8. The summed E-state index contributed by atoms with van der Waals surface area (Å²) < 4.78 is 45.3. The molecule has 4 aromatic rings. The summed E-state index contributed by atoms with van der Waals surface area (Å²) in [5.74, 6) is -1.40. The summed E-state index contributed by atoms with van der Waals surface area (Å²) in [6.45, 7) is 1.41. The molecule has 0 aliphatic rings. The maximum atomic E-state index is 11.8. The van der Waals surface area contributed by atoms with Crippen molar-refractivity contribution in [1.82, 2.24) is 0 Å². The van der Waals surface area contributed by atoms with E-state index in [0.29, 0.717) is 21.1 Å². The van der Waals surface area contributed by atoms with Crippen LogP contribution in [0.3, 0.4) is 0 Å². The summed E-state index contributed by atoms with van der Waals surface area (Å²) >= 11 is 2.89. The highest BCUT2D eigenvalue weighted by Gasteiger charge is 2.41. The van der Waals surface area contributed by atoms with Crippen molar-refractivity contribution >= 4 is 46.4 Å². The number of hydrogen-bond donors (Lipinski definition) is 4. The van der Waals surface area contributed by atoms with Crippen molar-refractivity contribution in [3.63, 3.8) is 0 Å². The molecule has 10 nitrogen and oxygen atoms in total. The summed E-state index contributed by atoms with van der Waals surface area (Å²) in [6.07, 6.45) is -4.47. The number of carboxylic acid groups (broad SMARTS) is 1. The summed E-state index contributed by atoms with van der Waals surface area (Å²) in [5, 5.41) is 34.7. The number of aliphatic hydroxyl groups is 1. The normalized spacial score (nSPS) is 10.7. The Labute approximate surface area is 238 Å². The Morgan fingerprint density at radius 2 is 1.54 bits per heavy atom. The van der Waals surface area contributed by atoms with Crippen molar-refractivity contribution in [2.45, 2.75) is 19.2 Å². The van der Waals surface area contributed by atoms with Gasteiger partial charge in [-0.15, -0.1) is 0 Å². The fourth-order valence-electron chi connectivity index (χ4n) is 2.76. The number of hydrogen-bond acceptors (Lipinski definition) is 9. The van der Waals surface area contributed by atoms with Gasteiger partial charge in [0, 0.05) is 12.5 Å². The molecule has 2 heterocycles. The third kappa shape index (κ3) is 12.2. The SMILES string of the molecule is CC(=O)c1cc(-c2cccc(C(=O)O)c2)co1.O=C=O.OB(O)c1ccccc1.OC(c1cc(Br)co1)C(F)(F)F. The Hall–Kier alpha value is -4.27. The molecule has 0 saturated carbocycles. The molecule has 1 atom stereocenters. The fraction of sp³-hybridized carbons (Fsp3) is 0.115. The Bertz CT molecular complexity index is 1430. The maximum absolute atomic E-state index is 11.8. The van der Waals surface area contributed by atoms with Crippen LogP contribution >= 0.6 is 15.9 Å². The molecule has 216 valence electrons. The lowest BCUT2D eigenvalue weighted by Crippen LogP contribution is -2.29. The van der Waals surface area contributed by atoms with Crippen LogP contribution in [0.25, 0.3) is 11.1 Å². The van der Waals surface area contributed by atoms with Crippen LogP contribution < -0.4 is 5.46 Å². The first-order valence-corrected chi connectivity index (χ1v) is 11.8. The van der Waals surface area contributed by atoms with Gasteiger partial charge in [0.05, 0.1) is 16.3 Å². The second-order valence-electron chi connectivity index (χ2n) is 7.62. The fourth-order valence-corrected chi connectivity index (χ4v) is 3.08. The second kappa shape index (κ2) is 16.7. The first-order chi connectivity index (χ1) is 19.2. The third-order valence-electron chi connectivity index (χ3n) is 4.65. The number of aliphatic hydroxyl groups excluding tert-OH is 1. The lowest BCUT2D eigenvalue weighted by molar-refractivity contribution is -0.211. The van der Waals surface area contributed by atoms with Crippen molar-refractivity contribution < 1.29 is 61.4 Å². The van der Waals surface area contributed by atoms with Crippen LogP contribution in [0.2, 0.25) is 0 Å². The van der Waals surface area contributed by atoms with Crippen LogP contribution in [0, 0.1) is 0 Å². The van der Waals surface area contributed by atoms with E-state index in [1.807, 2.05) is 6.07 Å². The molecular weight excluding hydrogens is 620 g/mol. The molecule has 2 aromatic heterocycles. The Kier molecular flexibility index (Phi) is 14.2. The highest BCUT2D eigenvalue weighted by molar-refractivity contribution is 9.10. The lowest BCUT2D eigenvalue weighted by Gasteiger charge is -2.10.